The van der Waals surface area contributed by atoms with Gasteiger partial charge in [0.25, 0.3) is 0 Å². The number of aryl methyl sites for hydroxylation is 2. The molecule has 0 aliphatic rings. The van der Waals surface area contributed by atoms with Crippen LogP contribution in [0, 0.1) is 13.8 Å². The van der Waals surface area contributed by atoms with E-state index in [0.717, 1.165) is 16.9 Å². The predicted molar refractivity (Wildman–Crippen MR) is 75.9 cm³/mol. The third-order valence-corrected chi connectivity index (χ3v) is 3.05. The lowest BCUT2D eigenvalue weighted by molar-refractivity contribution is 0.194. The average molecular weight is 278 g/mol. The van der Waals surface area contributed by atoms with Gasteiger partial charge in [-0.2, -0.15) is 0 Å². The summed E-state index contributed by atoms with van der Waals surface area (Å²) in [6.07, 6.45) is 1.03. The number of hydrogen-bond acceptors (Lipinski definition) is 3. The molecule has 4 heteroatoms. The van der Waals surface area contributed by atoms with Gasteiger partial charge in [-0.1, -0.05) is 11.6 Å². The normalized spacial score (nSPS) is 12.3. The highest BCUT2D eigenvalue weighted by Gasteiger charge is 2.08. The van der Waals surface area contributed by atoms with Gasteiger partial charge in [0.1, 0.15) is 11.5 Å². The summed E-state index contributed by atoms with van der Waals surface area (Å²) in [5.41, 5.74) is 2.58. The third kappa shape index (κ3) is 3.25. The van der Waals surface area contributed by atoms with Gasteiger partial charge < -0.3 is 9.84 Å². The highest BCUT2D eigenvalue weighted by Crippen LogP contribution is 2.31. The van der Waals surface area contributed by atoms with Crippen molar-refractivity contribution in [1.82, 2.24) is 4.98 Å². The van der Waals surface area contributed by atoms with E-state index >= 15 is 0 Å². The molecule has 1 atom stereocenters. The van der Waals surface area contributed by atoms with Crippen molar-refractivity contribution < 1.29 is 9.84 Å². The maximum Gasteiger partial charge on any atom is 0.145 e. The first-order chi connectivity index (χ1) is 8.97. The summed E-state index contributed by atoms with van der Waals surface area (Å²) in [6, 6.07) is 7.27. The Kier molecular flexibility index (Phi) is 4.08. The van der Waals surface area contributed by atoms with Crippen molar-refractivity contribution in [3.63, 3.8) is 0 Å². The zero-order valence-corrected chi connectivity index (χ0v) is 11.9. The van der Waals surface area contributed by atoms with E-state index in [1.54, 1.807) is 25.3 Å². The van der Waals surface area contributed by atoms with Crippen LogP contribution in [0.3, 0.4) is 0 Å². The van der Waals surface area contributed by atoms with E-state index in [2.05, 4.69) is 4.98 Å². The molecule has 0 bridgehead atoms. The molecule has 0 amide bonds. The summed E-state index contributed by atoms with van der Waals surface area (Å²) in [7, 11) is 0. The Morgan fingerprint density at radius 2 is 1.84 bits per heavy atom. The van der Waals surface area contributed by atoms with Crippen LogP contribution in [0.25, 0.3) is 0 Å². The van der Waals surface area contributed by atoms with Crippen molar-refractivity contribution in [2.45, 2.75) is 26.9 Å². The Hall–Kier alpha value is -1.58. The van der Waals surface area contributed by atoms with Crippen LogP contribution in [-0.4, -0.2) is 10.1 Å². The topological polar surface area (TPSA) is 42.4 Å². The fourth-order valence-electron chi connectivity index (χ4n) is 1.88. The maximum absolute atomic E-state index is 9.41. The number of nitrogens with zero attached hydrogens (tertiary/aromatic N) is 1. The van der Waals surface area contributed by atoms with Gasteiger partial charge in [0.15, 0.2) is 0 Å². The van der Waals surface area contributed by atoms with Gasteiger partial charge >= 0.3 is 0 Å². The largest absolute Gasteiger partial charge is 0.455 e. The number of aliphatic hydroxyl groups is 1. The lowest BCUT2D eigenvalue weighted by atomic mass is 10.1. The Morgan fingerprint density at radius 3 is 2.32 bits per heavy atom. The van der Waals surface area contributed by atoms with Gasteiger partial charge in [-0.25, -0.2) is 0 Å². The summed E-state index contributed by atoms with van der Waals surface area (Å²) in [6.45, 7) is 5.58. The number of pyridine rings is 1. The first kappa shape index (κ1) is 13.8. The van der Waals surface area contributed by atoms with Crippen molar-refractivity contribution in [1.29, 1.82) is 0 Å². The van der Waals surface area contributed by atoms with Crippen molar-refractivity contribution in [3.05, 3.63) is 52.3 Å². The summed E-state index contributed by atoms with van der Waals surface area (Å²) < 4.78 is 5.83. The second-order valence-electron chi connectivity index (χ2n) is 4.57. The molecular weight excluding hydrogens is 262 g/mol. The molecular formula is C15H16ClNO2. The first-order valence-corrected chi connectivity index (χ1v) is 6.44. The van der Waals surface area contributed by atoms with Crippen LogP contribution in [-0.2, 0) is 0 Å². The minimum atomic E-state index is -0.576. The molecule has 0 spiro atoms. The Balaban J connectivity index is 2.26. The molecule has 0 saturated heterocycles. The van der Waals surface area contributed by atoms with Crippen molar-refractivity contribution in [2.24, 2.45) is 0 Å². The van der Waals surface area contributed by atoms with Gasteiger partial charge in [0.05, 0.1) is 18.0 Å². The molecule has 0 aliphatic carbocycles. The number of aliphatic hydroxyl groups excluding tert-OH is 1. The SMILES string of the molecule is Cc1cc(Cl)cc(C)c1Oc1ccc([C@H](C)O)nc1. The summed E-state index contributed by atoms with van der Waals surface area (Å²) in [5.74, 6) is 1.42. The monoisotopic (exact) mass is 277 g/mol. The lowest BCUT2D eigenvalue weighted by Gasteiger charge is -2.12. The first-order valence-electron chi connectivity index (χ1n) is 6.06. The van der Waals surface area contributed by atoms with Crippen molar-refractivity contribution >= 4 is 11.6 Å². The van der Waals surface area contributed by atoms with E-state index in [0.29, 0.717) is 16.5 Å². The molecule has 1 aromatic carbocycles. The zero-order valence-electron chi connectivity index (χ0n) is 11.1. The van der Waals surface area contributed by atoms with Crippen LogP contribution >= 0.6 is 11.6 Å². The number of halogens is 1. The quantitative estimate of drug-likeness (QED) is 0.914. The minimum Gasteiger partial charge on any atom is -0.455 e. The summed E-state index contributed by atoms with van der Waals surface area (Å²) >= 11 is 5.99. The number of rotatable bonds is 3. The van der Waals surface area contributed by atoms with E-state index < -0.39 is 6.10 Å². The molecule has 1 N–H and O–H groups in total. The van der Waals surface area contributed by atoms with E-state index in [1.165, 1.54) is 0 Å². The molecule has 1 heterocycles. The Labute approximate surface area is 117 Å². The molecule has 19 heavy (non-hydrogen) atoms. The maximum atomic E-state index is 9.41. The Bertz CT molecular complexity index is 556. The number of ether oxygens (including phenoxy) is 1. The van der Waals surface area contributed by atoms with E-state index in [4.69, 9.17) is 16.3 Å². The molecule has 2 aromatic rings. The van der Waals surface area contributed by atoms with Crippen LogP contribution in [0.4, 0.5) is 0 Å². The lowest BCUT2D eigenvalue weighted by Crippen LogP contribution is -1.96. The zero-order chi connectivity index (χ0) is 14.0. The van der Waals surface area contributed by atoms with E-state index in [9.17, 15) is 5.11 Å². The molecule has 100 valence electrons. The highest BCUT2D eigenvalue weighted by molar-refractivity contribution is 6.30. The van der Waals surface area contributed by atoms with Gasteiger partial charge in [-0.05, 0) is 56.2 Å². The average Bonchev–Trinajstić information content (AvgIpc) is 2.34. The van der Waals surface area contributed by atoms with Crippen LogP contribution in [0.5, 0.6) is 11.5 Å². The fraction of sp³-hybridized carbons (Fsp3) is 0.267. The van der Waals surface area contributed by atoms with Crippen LogP contribution in [0.1, 0.15) is 29.8 Å². The van der Waals surface area contributed by atoms with Gasteiger partial charge in [-0.15, -0.1) is 0 Å². The number of hydrogen-bond donors (Lipinski definition) is 1. The van der Waals surface area contributed by atoms with E-state index in [-0.39, 0.29) is 0 Å². The second kappa shape index (κ2) is 5.59. The van der Waals surface area contributed by atoms with Crippen molar-refractivity contribution in [2.75, 3.05) is 0 Å². The van der Waals surface area contributed by atoms with Crippen LogP contribution < -0.4 is 4.74 Å². The predicted octanol–water partition coefficient (Wildman–Crippen LogP) is 4.20. The second-order valence-corrected chi connectivity index (χ2v) is 5.00. The minimum absolute atomic E-state index is 0.576. The molecule has 0 fully saturated rings. The third-order valence-electron chi connectivity index (χ3n) is 2.83. The molecule has 0 saturated carbocycles. The molecule has 1 aromatic heterocycles. The number of benzene rings is 1. The van der Waals surface area contributed by atoms with Gasteiger partial charge in [-0.3, -0.25) is 4.98 Å². The Morgan fingerprint density at radius 1 is 1.21 bits per heavy atom. The van der Waals surface area contributed by atoms with Crippen LogP contribution in [0.2, 0.25) is 5.02 Å². The van der Waals surface area contributed by atoms with Crippen LogP contribution in [0.15, 0.2) is 30.5 Å². The highest BCUT2D eigenvalue weighted by atomic mass is 35.5. The smallest absolute Gasteiger partial charge is 0.145 e. The van der Waals surface area contributed by atoms with Gasteiger partial charge in [0.2, 0.25) is 0 Å². The summed E-state index contributed by atoms with van der Waals surface area (Å²) in [4.78, 5) is 4.15. The van der Waals surface area contributed by atoms with Crippen molar-refractivity contribution in [3.8, 4) is 11.5 Å². The molecule has 0 radical (unpaired) electrons. The fourth-order valence-corrected chi connectivity index (χ4v) is 2.20. The molecule has 0 aliphatic heterocycles. The molecule has 3 nitrogen and oxygen atoms in total. The number of aromatic nitrogens is 1. The summed E-state index contributed by atoms with van der Waals surface area (Å²) in [5, 5.41) is 10.1. The van der Waals surface area contributed by atoms with E-state index in [1.807, 2.05) is 26.0 Å². The van der Waals surface area contributed by atoms with Gasteiger partial charge in [0, 0.05) is 5.02 Å². The molecule has 0 unspecified atom stereocenters. The standard InChI is InChI=1S/C15H16ClNO2/c1-9-6-12(16)7-10(2)15(9)19-13-4-5-14(11(3)18)17-8-13/h4-8,11,18H,1-3H3/t11-/m0/s1. The molecule has 2 rings (SSSR count).